The number of hydrogen-bond acceptors (Lipinski definition) is 9. The number of nitrogens with one attached hydrogen (secondary N) is 1. The van der Waals surface area contributed by atoms with Crippen LogP contribution in [0.3, 0.4) is 0 Å². The average molecular weight is 765 g/mol. The largest absolute Gasteiger partial charge is 0.497 e. The predicted molar refractivity (Wildman–Crippen MR) is 210 cm³/mol. The number of methoxy groups -OCH3 is 2. The molecule has 0 atom stereocenters. The van der Waals surface area contributed by atoms with E-state index in [0.29, 0.717) is 25.9 Å². The molecule has 2 aliphatic heterocycles. The third kappa shape index (κ3) is 10.8. The first-order valence-corrected chi connectivity index (χ1v) is 18.0. The summed E-state index contributed by atoms with van der Waals surface area (Å²) < 4.78 is 18.8. The van der Waals surface area contributed by atoms with Crippen molar-refractivity contribution >= 4 is 30.6 Å². The highest BCUT2D eigenvalue weighted by Gasteiger charge is 2.30. The normalized spacial score (nSPS) is 14.9. The average Bonchev–Trinajstić information content (AvgIpc) is 3.88. The SMILES string of the molecule is COc1ccc(-c2cn(C(=O)N(C)C3CCN(C(=O)OC(C)(C)C)CC3)cn2)cc1.COc1ccc(-c2cn(C(=O)N(C)C3CCNCC3)cn2)cc1.Cl. The van der Waals surface area contributed by atoms with Crippen LogP contribution >= 0.6 is 12.4 Å². The minimum atomic E-state index is -0.510. The van der Waals surface area contributed by atoms with Crippen molar-refractivity contribution in [1.29, 1.82) is 0 Å². The van der Waals surface area contributed by atoms with Crippen molar-refractivity contribution in [3.05, 3.63) is 73.6 Å². The van der Waals surface area contributed by atoms with E-state index >= 15 is 0 Å². The molecule has 3 amide bonds. The van der Waals surface area contributed by atoms with Gasteiger partial charge in [-0.05, 0) is 108 Å². The highest BCUT2D eigenvalue weighted by atomic mass is 35.5. The molecule has 2 aliphatic rings. The second kappa shape index (κ2) is 18.8. The maximum atomic E-state index is 12.9. The van der Waals surface area contributed by atoms with Gasteiger partial charge in [0.2, 0.25) is 0 Å². The van der Waals surface area contributed by atoms with Crippen molar-refractivity contribution in [2.75, 3.05) is 54.5 Å². The molecule has 2 aromatic carbocycles. The summed E-state index contributed by atoms with van der Waals surface area (Å²) in [5.41, 5.74) is 2.86. The fourth-order valence-corrected chi connectivity index (χ4v) is 6.31. The van der Waals surface area contributed by atoms with Gasteiger partial charge in [-0.15, -0.1) is 12.4 Å². The van der Waals surface area contributed by atoms with Gasteiger partial charge in [-0.3, -0.25) is 9.13 Å². The van der Waals surface area contributed by atoms with Crippen LogP contribution in [0, 0.1) is 0 Å². The summed E-state index contributed by atoms with van der Waals surface area (Å²) in [6.45, 7) is 8.63. The number of ether oxygens (including phenoxy) is 3. The number of benzene rings is 2. The number of carbonyl (C=O) groups is 3. The predicted octanol–water partition coefficient (Wildman–Crippen LogP) is 6.49. The molecule has 1 N–H and O–H groups in total. The third-order valence-electron chi connectivity index (χ3n) is 9.50. The van der Waals surface area contributed by atoms with E-state index in [0.717, 1.165) is 59.9 Å². The lowest BCUT2D eigenvalue weighted by atomic mass is 10.0. The summed E-state index contributed by atoms with van der Waals surface area (Å²) in [6, 6.07) is 15.4. The van der Waals surface area contributed by atoms with Crippen LogP contribution in [0.1, 0.15) is 46.5 Å². The number of aromatic nitrogens is 4. The van der Waals surface area contributed by atoms with Crippen LogP contribution in [0.4, 0.5) is 14.4 Å². The van der Waals surface area contributed by atoms with E-state index in [4.69, 9.17) is 14.2 Å². The first-order chi connectivity index (χ1) is 25.4. The highest BCUT2D eigenvalue weighted by Crippen LogP contribution is 2.24. The summed E-state index contributed by atoms with van der Waals surface area (Å²) >= 11 is 0. The molecule has 292 valence electrons. The highest BCUT2D eigenvalue weighted by molar-refractivity contribution is 5.85. The first-order valence-electron chi connectivity index (χ1n) is 18.0. The topological polar surface area (TPSA) is 136 Å². The minimum Gasteiger partial charge on any atom is -0.497 e. The summed E-state index contributed by atoms with van der Waals surface area (Å²) in [5, 5.41) is 3.32. The van der Waals surface area contributed by atoms with Gasteiger partial charge in [0, 0.05) is 62.8 Å². The Bertz CT molecular complexity index is 1810. The number of amides is 3. The van der Waals surface area contributed by atoms with Crippen molar-refractivity contribution in [3.8, 4) is 34.0 Å². The van der Waals surface area contributed by atoms with Gasteiger partial charge in [-0.25, -0.2) is 24.4 Å². The summed E-state index contributed by atoms with van der Waals surface area (Å²) in [6.07, 6.45) is 9.73. The van der Waals surface area contributed by atoms with Crippen LogP contribution in [0.5, 0.6) is 11.5 Å². The van der Waals surface area contributed by atoms with Gasteiger partial charge >= 0.3 is 18.2 Å². The summed E-state index contributed by atoms with van der Waals surface area (Å²) in [4.78, 5) is 51.7. The number of hydrogen-bond donors (Lipinski definition) is 1. The Hall–Kier alpha value is -5.08. The second-order valence-corrected chi connectivity index (χ2v) is 14.3. The van der Waals surface area contributed by atoms with Crippen LogP contribution in [-0.2, 0) is 4.74 Å². The zero-order chi connectivity index (χ0) is 38.1. The fraction of sp³-hybridized carbons (Fsp3) is 0.462. The quantitative estimate of drug-likeness (QED) is 0.234. The standard InChI is InChI=1S/C22H30N4O4.C17H22N4O2.ClH/c1-22(2,3)30-21(28)25-12-10-17(11-13-25)24(4)20(27)26-14-19(23-15-26)16-6-8-18(29-5)9-7-16;1-20(14-7-9-18-10-8-14)17(22)21-11-16(19-12-21)13-3-5-15(23-2)6-4-13;/h6-9,14-15,17H,10-13H2,1-5H3;3-6,11-12,14,18H,7-10H2,1-2H3;1H. The van der Waals surface area contributed by atoms with Crippen molar-refractivity contribution < 1.29 is 28.6 Å². The Labute approximate surface area is 323 Å². The maximum Gasteiger partial charge on any atom is 0.410 e. The Morgan fingerprint density at radius 3 is 1.50 bits per heavy atom. The number of rotatable bonds is 6. The molecule has 0 radical (unpaired) electrons. The molecule has 14 nitrogen and oxygen atoms in total. The number of halogens is 1. The number of piperidine rings is 2. The molecule has 0 aliphatic carbocycles. The molecule has 2 aromatic heterocycles. The lowest BCUT2D eigenvalue weighted by molar-refractivity contribution is 0.0172. The second-order valence-electron chi connectivity index (χ2n) is 14.3. The van der Waals surface area contributed by atoms with Crippen molar-refractivity contribution in [2.45, 2.75) is 64.1 Å². The van der Waals surface area contributed by atoms with Crippen LogP contribution in [0.15, 0.2) is 73.6 Å². The molecule has 2 fully saturated rings. The van der Waals surface area contributed by atoms with E-state index in [9.17, 15) is 14.4 Å². The smallest absolute Gasteiger partial charge is 0.410 e. The van der Waals surface area contributed by atoms with Crippen LogP contribution in [0.2, 0.25) is 0 Å². The Kier molecular flexibility index (Phi) is 14.5. The lowest BCUT2D eigenvalue weighted by Crippen LogP contribution is -2.49. The minimum absolute atomic E-state index is 0. The van der Waals surface area contributed by atoms with E-state index in [1.165, 1.54) is 10.9 Å². The van der Waals surface area contributed by atoms with E-state index in [1.54, 1.807) is 54.4 Å². The lowest BCUT2D eigenvalue weighted by Gasteiger charge is -2.37. The fourth-order valence-electron chi connectivity index (χ4n) is 6.31. The first kappa shape index (κ1) is 41.7. The molecule has 0 spiro atoms. The van der Waals surface area contributed by atoms with Gasteiger partial charge in [-0.1, -0.05) is 0 Å². The van der Waals surface area contributed by atoms with Gasteiger partial charge in [0.25, 0.3) is 0 Å². The zero-order valence-corrected chi connectivity index (χ0v) is 33.0. The van der Waals surface area contributed by atoms with Gasteiger partial charge in [-0.2, -0.15) is 0 Å². The van der Waals surface area contributed by atoms with Gasteiger partial charge in [0.1, 0.15) is 29.8 Å². The molecule has 54 heavy (non-hydrogen) atoms. The monoisotopic (exact) mass is 764 g/mol. The van der Waals surface area contributed by atoms with E-state index in [2.05, 4.69) is 15.3 Å². The third-order valence-corrected chi connectivity index (χ3v) is 9.50. The molecule has 15 heteroatoms. The Balaban J connectivity index is 0.000000244. The van der Waals surface area contributed by atoms with Gasteiger partial charge < -0.3 is 34.2 Å². The Morgan fingerprint density at radius 2 is 1.11 bits per heavy atom. The van der Waals surface area contributed by atoms with Crippen molar-refractivity contribution in [2.24, 2.45) is 0 Å². The molecule has 0 unspecified atom stereocenters. The van der Waals surface area contributed by atoms with Gasteiger partial charge in [0.05, 0.1) is 25.6 Å². The number of imidazole rings is 2. The molecule has 2 saturated heterocycles. The molecule has 0 bridgehead atoms. The van der Waals surface area contributed by atoms with Crippen LogP contribution in [-0.4, -0.2) is 124 Å². The molecular formula is C39H53ClN8O6. The van der Waals surface area contributed by atoms with Crippen LogP contribution in [0.25, 0.3) is 22.5 Å². The number of likely N-dealkylation sites (tertiary alicyclic amines) is 1. The van der Waals surface area contributed by atoms with E-state index in [-0.39, 0.29) is 42.6 Å². The molecule has 4 aromatic rings. The molecular weight excluding hydrogens is 712 g/mol. The Morgan fingerprint density at radius 1 is 0.704 bits per heavy atom. The summed E-state index contributed by atoms with van der Waals surface area (Å²) in [5.74, 6) is 1.57. The van der Waals surface area contributed by atoms with E-state index < -0.39 is 5.60 Å². The zero-order valence-electron chi connectivity index (χ0n) is 32.2. The van der Waals surface area contributed by atoms with Crippen molar-refractivity contribution in [3.63, 3.8) is 0 Å². The number of nitrogens with zero attached hydrogens (tertiary/aromatic N) is 7. The molecule has 4 heterocycles. The van der Waals surface area contributed by atoms with Crippen molar-refractivity contribution in [1.82, 2.24) is 39.1 Å². The maximum absolute atomic E-state index is 12.9. The van der Waals surface area contributed by atoms with Gasteiger partial charge in [0.15, 0.2) is 0 Å². The summed E-state index contributed by atoms with van der Waals surface area (Å²) in [7, 11) is 6.92. The number of carbonyl (C=O) groups excluding carboxylic acids is 3. The van der Waals surface area contributed by atoms with E-state index in [1.807, 2.05) is 81.2 Å². The molecule has 6 rings (SSSR count). The molecule has 0 saturated carbocycles. The van der Waals surface area contributed by atoms with Crippen LogP contribution < -0.4 is 14.8 Å².